The SMILES string of the molecule is [O-][n+]1cncc2ccncc21. The standard InChI is InChI=1S/C7H5N3O/c11-10-5-9-3-6-1-2-8-4-7(6)10/h1-5H. The molecule has 2 rings (SSSR count). The Morgan fingerprint density at radius 3 is 3.00 bits per heavy atom. The van der Waals surface area contributed by atoms with Crippen LogP contribution in [0.4, 0.5) is 0 Å². The number of hydrogen-bond donors (Lipinski definition) is 0. The molecule has 2 aromatic heterocycles. The van der Waals surface area contributed by atoms with Crippen molar-refractivity contribution in [2.45, 2.75) is 0 Å². The summed E-state index contributed by atoms with van der Waals surface area (Å²) in [5.74, 6) is 0. The molecule has 4 heteroatoms. The van der Waals surface area contributed by atoms with E-state index < -0.39 is 0 Å². The first-order chi connectivity index (χ1) is 5.38. The number of hydrogen-bond acceptors (Lipinski definition) is 3. The summed E-state index contributed by atoms with van der Waals surface area (Å²) >= 11 is 0. The number of nitrogens with zero attached hydrogens (tertiary/aromatic N) is 3. The average Bonchev–Trinajstić information content (AvgIpc) is 2.06. The molecule has 54 valence electrons. The summed E-state index contributed by atoms with van der Waals surface area (Å²) in [6.45, 7) is 0. The van der Waals surface area contributed by atoms with Crippen LogP contribution in [0.5, 0.6) is 0 Å². The molecule has 0 bridgehead atoms. The van der Waals surface area contributed by atoms with Gasteiger partial charge in [-0.05, 0) is 6.07 Å². The second kappa shape index (κ2) is 2.16. The molecule has 0 aliphatic rings. The van der Waals surface area contributed by atoms with Crippen LogP contribution < -0.4 is 4.73 Å². The normalized spacial score (nSPS) is 10.2. The van der Waals surface area contributed by atoms with E-state index in [1.165, 1.54) is 12.5 Å². The second-order valence-electron chi connectivity index (χ2n) is 2.15. The zero-order valence-corrected chi connectivity index (χ0v) is 5.64. The van der Waals surface area contributed by atoms with Crippen LogP contribution in [-0.4, -0.2) is 9.97 Å². The fourth-order valence-electron chi connectivity index (χ4n) is 0.927. The van der Waals surface area contributed by atoms with Gasteiger partial charge < -0.3 is 5.21 Å². The molecule has 0 saturated heterocycles. The molecule has 0 fully saturated rings. The molecule has 0 amide bonds. The molecule has 2 heterocycles. The summed E-state index contributed by atoms with van der Waals surface area (Å²) in [6.07, 6.45) is 5.99. The van der Waals surface area contributed by atoms with Crippen LogP contribution in [0, 0.1) is 5.21 Å². The predicted octanol–water partition coefficient (Wildman–Crippen LogP) is 0.263. The predicted molar refractivity (Wildman–Crippen MR) is 38.5 cm³/mol. The van der Waals surface area contributed by atoms with Gasteiger partial charge >= 0.3 is 0 Å². The van der Waals surface area contributed by atoms with Crippen molar-refractivity contribution in [3.8, 4) is 0 Å². The first-order valence-corrected chi connectivity index (χ1v) is 3.15. The summed E-state index contributed by atoms with van der Waals surface area (Å²) in [6, 6.07) is 1.75. The quantitative estimate of drug-likeness (QED) is 0.397. The monoisotopic (exact) mass is 147 g/mol. The molecule has 11 heavy (non-hydrogen) atoms. The van der Waals surface area contributed by atoms with Gasteiger partial charge in [-0.3, -0.25) is 4.98 Å². The molecule has 0 aromatic carbocycles. The van der Waals surface area contributed by atoms with E-state index >= 15 is 0 Å². The van der Waals surface area contributed by atoms with Crippen LogP contribution >= 0.6 is 0 Å². The minimum absolute atomic E-state index is 0.544. The summed E-state index contributed by atoms with van der Waals surface area (Å²) < 4.78 is 0.697. The Hall–Kier alpha value is -1.71. The molecule has 2 aromatic rings. The Morgan fingerprint density at radius 1 is 1.27 bits per heavy atom. The van der Waals surface area contributed by atoms with Gasteiger partial charge in [0.05, 0.1) is 11.6 Å². The minimum atomic E-state index is 0.544. The van der Waals surface area contributed by atoms with Crippen molar-refractivity contribution in [3.63, 3.8) is 0 Å². The highest BCUT2D eigenvalue weighted by Gasteiger charge is 1.98. The summed E-state index contributed by atoms with van der Waals surface area (Å²) in [7, 11) is 0. The van der Waals surface area contributed by atoms with Crippen molar-refractivity contribution in [2.75, 3.05) is 0 Å². The smallest absolute Gasteiger partial charge is 0.289 e. The van der Waals surface area contributed by atoms with Gasteiger partial charge in [0.1, 0.15) is 0 Å². The van der Waals surface area contributed by atoms with Crippen LogP contribution in [-0.2, 0) is 0 Å². The van der Waals surface area contributed by atoms with Gasteiger partial charge in [0, 0.05) is 6.20 Å². The molecule has 0 aliphatic heterocycles. The average molecular weight is 147 g/mol. The van der Waals surface area contributed by atoms with Gasteiger partial charge in [0.15, 0.2) is 11.7 Å². The topological polar surface area (TPSA) is 52.7 Å². The van der Waals surface area contributed by atoms with Crippen LogP contribution in [0.15, 0.2) is 31.0 Å². The molecule has 0 N–H and O–H groups in total. The van der Waals surface area contributed by atoms with Crippen molar-refractivity contribution in [3.05, 3.63) is 36.2 Å². The fraction of sp³-hybridized carbons (Fsp3) is 0. The van der Waals surface area contributed by atoms with Crippen molar-refractivity contribution in [2.24, 2.45) is 0 Å². The van der Waals surface area contributed by atoms with Crippen LogP contribution in [0.3, 0.4) is 0 Å². The molecule has 4 nitrogen and oxygen atoms in total. The summed E-state index contributed by atoms with van der Waals surface area (Å²) in [4.78, 5) is 7.56. The highest BCUT2D eigenvalue weighted by molar-refractivity contribution is 5.72. The van der Waals surface area contributed by atoms with Crippen LogP contribution in [0.1, 0.15) is 0 Å². The maximum absolute atomic E-state index is 11.0. The molecule has 0 atom stereocenters. The summed E-state index contributed by atoms with van der Waals surface area (Å²) in [5, 5.41) is 11.8. The Morgan fingerprint density at radius 2 is 2.18 bits per heavy atom. The lowest BCUT2D eigenvalue weighted by atomic mass is 10.3. The van der Waals surface area contributed by atoms with Crippen molar-refractivity contribution >= 4 is 10.9 Å². The van der Waals surface area contributed by atoms with E-state index in [1.807, 2.05) is 0 Å². The second-order valence-corrected chi connectivity index (χ2v) is 2.15. The van der Waals surface area contributed by atoms with E-state index in [-0.39, 0.29) is 0 Å². The number of fused-ring (bicyclic) bond motifs is 1. The maximum Gasteiger partial charge on any atom is 0.289 e. The van der Waals surface area contributed by atoms with Gasteiger partial charge in [-0.1, -0.05) is 4.98 Å². The Labute approximate surface area is 62.7 Å². The Bertz CT molecular complexity index is 383. The molecule has 0 unspecified atom stereocenters. The van der Waals surface area contributed by atoms with Gasteiger partial charge in [-0.2, -0.15) is 0 Å². The van der Waals surface area contributed by atoms with Gasteiger partial charge in [-0.15, -0.1) is 0 Å². The lowest BCUT2D eigenvalue weighted by molar-refractivity contribution is -0.580. The number of pyridine rings is 1. The minimum Gasteiger partial charge on any atom is -0.710 e. The lowest BCUT2D eigenvalue weighted by Crippen LogP contribution is -2.26. The van der Waals surface area contributed by atoms with E-state index in [1.54, 1.807) is 18.5 Å². The van der Waals surface area contributed by atoms with Crippen molar-refractivity contribution in [1.29, 1.82) is 0 Å². The van der Waals surface area contributed by atoms with E-state index in [0.29, 0.717) is 10.2 Å². The molecular formula is C7H5N3O. The molecule has 0 radical (unpaired) electrons. The Kier molecular flexibility index (Phi) is 1.18. The van der Waals surface area contributed by atoms with E-state index in [0.717, 1.165) is 5.39 Å². The maximum atomic E-state index is 11.0. The third kappa shape index (κ3) is 0.881. The van der Waals surface area contributed by atoms with Gasteiger partial charge in [0.2, 0.25) is 0 Å². The van der Waals surface area contributed by atoms with Gasteiger partial charge in [-0.25, -0.2) is 4.73 Å². The van der Waals surface area contributed by atoms with Crippen LogP contribution in [0.2, 0.25) is 0 Å². The van der Waals surface area contributed by atoms with Crippen molar-refractivity contribution in [1.82, 2.24) is 9.97 Å². The molecule has 0 spiro atoms. The van der Waals surface area contributed by atoms with Gasteiger partial charge in [0.25, 0.3) is 6.33 Å². The van der Waals surface area contributed by atoms with E-state index in [4.69, 9.17) is 0 Å². The third-order valence-electron chi connectivity index (χ3n) is 1.46. The molecule has 0 aliphatic carbocycles. The molecule has 0 saturated carbocycles. The zero-order chi connectivity index (χ0) is 7.68. The largest absolute Gasteiger partial charge is 0.710 e. The number of aromatic nitrogens is 3. The third-order valence-corrected chi connectivity index (χ3v) is 1.46. The van der Waals surface area contributed by atoms with Crippen molar-refractivity contribution < 1.29 is 4.73 Å². The van der Waals surface area contributed by atoms with E-state index in [9.17, 15) is 5.21 Å². The fourth-order valence-corrected chi connectivity index (χ4v) is 0.927. The highest BCUT2D eigenvalue weighted by Crippen LogP contribution is 2.02. The first kappa shape index (κ1) is 6.03. The molecular weight excluding hydrogens is 142 g/mol. The lowest BCUT2D eigenvalue weighted by Gasteiger charge is -2.00. The summed E-state index contributed by atoms with van der Waals surface area (Å²) in [5.41, 5.74) is 0.544. The van der Waals surface area contributed by atoms with Crippen LogP contribution in [0.25, 0.3) is 10.9 Å². The highest BCUT2D eigenvalue weighted by atomic mass is 16.5. The Balaban J connectivity index is 2.91. The zero-order valence-electron chi connectivity index (χ0n) is 5.64. The first-order valence-electron chi connectivity index (χ1n) is 3.15. The number of rotatable bonds is 0. The van der Waals surface area contributed by atoms with E-state index in [2.05, 4.69) is 9.97 Å².